The van der Waals surface area contributed by atoms with Crippen LogP contribution in [0.1, 0.15) is 29.7 Å². The average molecular weight is 350 g/mol. The Hall–Kier alpha value is -0.950. The van der Waals surface area contributed by atoms with E-state index in [9.17, 15) is 4.79 Å². The Morgan fingerprint density at radius 1 is 1.42 bits per heavy atom. The zero-order chi connectivity index (χ0) is 16.5. The minimum absolute atomic E-state index is 0.0809. The van der Waals surface area contributed by atoms with E-state index in [0.29, 0.717) is 24.9 Å². The molecule has 132 valence electrons. The quantitative estimate of drug-likeness (QED) is 0.836. The van der Waals surface area contributed by atoms with E-state index in [4.69, 9.17) is 9.57 Å². The number of amides is 1. The SMILES string of the molecule is Cc1ccsc1CN1CC[C@@H]2[C@@H](CO[C@H]2CC(=O)N2CCCO2)C1. The summed E-state index contributed by atoms with van der Waals surface area (Å²) in [4.78, 5) is 21.7. The third kappa shape index (κ3) is 3.38. The summed E-state index contributed by atoms with van der Waals surface area (Å²) in [7, 11) is 0. The van der Waals surface area contributed by atoms with Crippen LogP contribution >= 0.6 is 11.3 Å². The molecule has 3 atom stereocenters. The standard InChI is InChI=1S/C18H26N2O3S/c1-13-4-8-24-17(13)11-19-6-3-15-14(10-19)12-22-16(15)9-18(21)20-5-2-7-23-20/h4,8,14-16H,2-3,5-7,9-12H2,1H3/t14-,15-,16+/m1/s1. The zero-order valence-electron chi connectivity index (χ0n) is 14.3. The van der Waals surface area contributed by atoms with E-state index >= 15 is 0 Å². The Bertz CT molecular complexity index is 585. The summed E-state index contributed by atoms with van der Waals surface area (Å²) in [6.45, 7) is 7.63. The molecule has 5 nitrogen and oxygen atoms in total. The van der Waals surface area contributed by atoms with Crippen molar-refractivity contribution in [1.82, 2.24) is 9.96 Å². The number of thiophene rings is 1. The molecule has 1 amide bonds. The Kier molecular flexibility index (Phi) is 4.90. The van der Waals surface area contributed by atoms with Gasteiger partial charge in [0.2, 0.25) is 5.91 Å². The molecular weight excluding hydrogens is 324 g/mol. The molecule has 3 aliphatic rings. The van der Waals surface area contributed by atoms with Crippen molar-refractivity contribution >= 4 is 17.2 Å². The van der Waals surface area contributed by atoms with Crippen LogP contribution in [0.25, 0.3) is 0 Å². The third-order valence-electron chi connectivity index (χ3n) is 5.62. The van der Waals surface area contributed by atoms with E-state index in [2.05, 4.69) is 23.3 Å². The van der Waals surface area contributed by atoms with Crippen molar-refractivity contribution in [3.05, 3.63) is 21.9 Å². The highest BCUT2D eigenvalue weighted by Gasteiger charge is 2.42. The molecule has 0 saturated carbocycles. The third-order valence-corrected chi connectivity index (χ3v) is 6.63. The van der Waals surface area contributed by atoms with Crippen molar-refractivity contribution in [2.75, 3.05) is 32.8 Å². The van der Waals surface area contributed by atoms with Gasteiger partial charge >= 0.3 is 0 Å². The molecule has 0 N–H and O–H groups in total. The fourth-order valence-electron chi connectivity index (χ4n) is 4.20. The molecule has 0 unspecified atom stereocenters. The Morgan fingerprint density at radius 3 is 3.08 bits per heavy atom. The minimum atomic E-state index is 0.0809. The molecule has 4 heterocycles. The average Bonchev–Trinajstić information content (AvgIpc) is 3.30. The number of ether oxygens (including phenoxy) is 1. The number of hydrogen-bond donors (Lipinski definition) is 0. The van der Waals surface area contributed by atoms with E-state index in [1.165, 1.54) is 15.5 Å². The van der Waals surface area contributed by atoms with E-state index < -0.39 is 0 Å². The number of likely N-dealkylation sites (tertiary alicyclic amines) is 1. The van der Waals surface area contributed by atoms with E-state index in [0.717, 1.165) is 45.6 Å². The molecule has 6 heteroatoms. The summed E-state index contributed by atoms with van der Waals surface area (Å²) in [6, 6.07) is 2.20. The molecule has 3 aliphatic heterocycles. The number of hydroxylamine groups is 2. The summed E-state index contributed by atoms with van der Waals surface area (Å²) in [5.74, 6) is 1.18. The number of fused-ring (bicyclic) bond motifs is 1. The maximum Gasteiger partial charge on any atom is 0.248 e. The molecule has 0 aliphatic carbocycles. The highest BCUT2D eigenvalue weighted by molar-refractivity contribution is 7.10. The molecule has 1 aromatic rings. The number of rotatable bonds is 4. The van der Waals surface area contributed by atoms with Crippen LogP contribution in [0.2, 0.25) is 0 Å². The van der Waals surface area contributed by atoms with E-state index in [1.807, 2.05) is 11.3 Å². The second-order valence-electron chi connectivity index (χ2n) is 7.23. The molecule has 4 rings (SSSR count). The Balaban J connectivity index is 1.31. The van der Waals surface area contributed by atoms with Gasteiger partial charge < -0.3 is 4.74 Å². The van der Waals surface area contributed by atoms with E-state index in [-0.39, 0.29) is 12.0 Å². The van der Waals surface area contributed by atoms with Crippen molar-refractivity contribution in [1.29, 1.82) is 0 Å². The van der Waals surface area contributed by atoms with E-state index in [1.54, 1.807) is 0 Å². The minimum Gasteiger partial charge on any atom is -0.377 e. The summed E-state index contributed by atoms with van der Waals surface area (Å²) < 4.78 is 6.01. The van der Waals surface area contributed by atoms with Crippen molar-refractivity contribution in [3.63, 3.8) is 0 Å². The topological polar surface area (TPSA) is 42.0 Å². The van der Waals surface area contributed by atoms with Gasteiger partial charge in [-0.1, -0.05) is 0 Å². The van der Waals surface area contributed by atoms with Gasteiger partial charge in [0.25, 0.3) is 0 Å². The molecule has 24 heavy (non-hydrogen) atoms. The number of carbonyl (C=O) groups excluding carboxylic acids is 1. The van der Waals surface area contributed by atoms with Crippen LogP contribution in [0.3, 0.4) is 0 Å². The molecule has 0 spiro atoms. The van der Waals surface area contributed by atoms with Crippen LogP contribution in [0, 0.1) is 18.8 Å². The van der Waals surface area contributed by atoms with Crippen LogP contribution < -0.4 is 0 Å². The lowest BCUT2D eigenvalue weighted by atomic mass is 9.83. The first-order valence-corrected chi connectivity index (χ1v) is 9.89. The fraction of sp³-hybridized carbons (Fsp3) is 0.722. The van der Waals surface area contributed by atoms with Gasteiger partial charge in [-0.2, -0.15) is 0 Å². The van der Waals surface area contributed by atoms with Gasteiger partial charge in [-0.25, -0.2) is 5.06 Å². The fourth-order valence-corrected chi connectivity index (χ4v) is 5.15. The molecule has 3 fully saturated rings. The van der Waals surface area contributed by atoms with Crippen molar-refractivity contribution < 1.29 is 14.4 Å². The lowest BCUT2D eigenvalue weighted by Crippen LogP contribution is -2.42. The number of nitrogens with zero attached hydrogens (tertiary/aromatic N) is 2. The summed E-state index contributed by atoms with van der Waals surface area (Å²) in [6.07, 6.45) is 2.64. The lowest BCUT2D eigenvalue weighted by Gasteiger charge is -2.35. The maximum atomic E-state index is 12.3. The zero-order valence-corrected chi connectivity index (χ0v) is 15.1. The molecule has 0 bridgehead atoms. The summed E-state index contributed by atoms with van der Waals surface area (Å²) >= 11 is 1.85. The predicted molar refractivity (Wildman–Crippen MR) is 92.6 cm³/mol. The number of carbonyl (C=O) groups is 1. The van der Waals surface area contributed by atoms with Crippen LogP contribution in [0.15, 0.2) is 11.4 Å². The van der Waals surface area contributed by atoms with Crippen LogP contribution in [-0.2, 0) is 20.9 Å². The second kappa shape index (κ2) is 7.12. The van der Waals surface area contributed by atoms with Crippen molar-refractivity contribution in [2.45, 2.75) is 38.8 Å². The molecule has 1 aromatic heterocycles. The number of hydrogen-bond acceptors (Lipinski definition) is 5. The lowest BCUT2D eigenvalue weighted by molar-refractivity contribution is -0.171. The summed E-state index contributed by atoms with van der Waals surface area (Å²) in [5, 5.41) is 3.71. The largest absolute Gasteiger partial charge is 0.377 e. The van der Waals surface area contributed by atoms with Crippen LogP contribution in [0.5, 0.6) is 0 Å². The Labute approximate surface area is 147 Å². The van der Waals surface area contributed by atoms with Gasteiger partial charge in [0, 0.05) is 23.9 Å². The monoisotopic (exact) mass is 350 g/mol. The Morgan fingerprint density at radius 2 is 2.33 bits per heavy atom. The van der Waals surface area contributed by atoms with Gasteiger partial charge in [-0.3, -0.25) is 14.5 Å². The molecule has 0 radical (unpaired) electrons. The molecule has 0 aromatic carbocycles. The van der Waals surface area contributed by atoms with Gasteiger partial charge in [0.05, 0.1) is 32.3 Å². The maximum absolute atomic E-state index is 12.3. The first-order valence-electron chi connectivity index (χ1n) is 9.01. The highest BCUT2D eigenvalue weighted by Crippen LogP contribution is 2.37. The number of aryl methyl sites for hydroxylation is 1. The first kappa shape index (κ1) is 16.5. The highest BCUT2D eigenvalue weighted by atomic mass is 32.1. The normalized spacial score (nSPS) is 30.7. The first-order chi connectivity index (χ1) is 11.7. The number of piperidine rings is 1. The molecular formula is C18H26N2O3S. The summed E-state index contributed by atoms with van der Waals surface area (Å²) in [5.41, 5.74) is 1.40. The van der Waals surface area contributed by atoms with Crippen molar-refractivity contribution in [2.24, 2.45) is 11.8 Å². The predicted octanol–water partition coefficient (Wildman–Crippen LogP) is 2.45. The van der Waals surface area contributed by atoms with Crippen LogP contribution in [-0.4, -0.2) is 54.8 Å². The van der Waals surface area contributed by atoms with Crippen molar-refractivity contribution in [3.8, 4) is 0 Å². The van der Waals surface area contributed by atoms with Gasteiger partial charge in [-0.05, 0) is 49.2 Å². The van der Waals surface area contributed by atoms with Gasteiger partial charge in [0.15, 0.2) is 0 Å². The second-order valence-corrected chi connectivity index (χ2v) is 8.23. The smallest absolute Gasteiger partial charge is 0.248 e. The van der Waals surface area contributed by atoms with Gasteiger partial charge in [-0.15, -0.1) is 11.3 Å². The molecule has 3 saturated heterocycles. The van der Waals surface area contributed by atoms with Gasteiger partial charge in [0.1, 0.15) is 0 Å². The van der Waals surface area contributed by atoms with Crippen LogP contribution in [0.4, 0.5) is 0 Å².